The Morgan fingerprint density at radius 2 is 1.78 bits per heavy atom. The van der Waals surface area contributed by atoms with E-state index in [1.54, 1.807) is 4.90 Å². The van der Waals surface area contributed by atoms with Gasteiger partial charge in [-0.25, -0.2) is 8.78 Å². The Hall–Kier alpha value is -0.670. The monoisotopic (exact) mass is 275 g/mol. The zero-order chi connectivity index (χ0) is 13.5. The van der Waals surface area contributed by atoms with Crippen molar-refractivity contribution in [3.05, 3.63) is 35.4 Å². The van der Waals surface area contributed by atoms with Gasteiger partial charge in [0.2, 0.25) is 0 Å². The number of halogens is 3. The molecule has 1 aromatic rings. The SMILES string of the molecule is CC(C)c1ccc(CN(CCCl)CC(F)F)cc1. The van der Waals surface area contributed by atoms with Gasteiger partial charge in [0.05, 0.1) is 6.54 Å². The average Bonchev–Trinajstić information content (AvgIpc) is 2.29. The first-order valence-electron chi connectivity index (χ1n) is 6.18. The van der Waals surface area contributed by atoms with Crippen LogP contribution in [0.4, 0.5) is 8.78 Å². The summed E-state index contributed by atoms with van der Waals surface area (Å²) in [6.07, 6.45) is -2.32. The second kappa shape index (κ2) is 7.70. The minimum absolute atomic E-state index is 0.224. The van der Waals surface area contributed by atoms with E-state index < -0.39 is 6.43 Å². The van der Waals surface area contributed by atoms with Crippen LogP contribution in [0.2, 0.25) is 0 Å². The molecule has 0 bridgehead atoms. The van der Waals surface area contributed by atoms with Crippen molar-refractivity contribution < 1.29 is 8.78 Å². The topological polar surface area (TPSA) is 3.24 Å². The first-order chi connectivity index (χ1) is 8.52. The van der Waals surface area contributed by atoms with E-state index in [2.05, 4.69) is 26.0 Å². The van der Waals surface area contributed by atoms with Crippen molar-refractivity contribution in [1.29, 1.82) is 0 Å². The molecule has 1 aromatic carbocycles. The molecule has 0 aliphatic rings. The largest absolute Gasteiger partial charge is 0.292 e. The molecule has 0 saturated carbocycles. The van der Waals surface area contributed by atoms with Crippen molar-refractivity contribution in [2.24, 2.45) is 0 Å². The first-order valence-corrected chi connectivity index (χ1v) is 6.71. The van der Waals surface area contributed by atoms with Gasteiger partial charge >= 0.3 is 0 Å². The molecule has 1 rings (SSSR count). The van der Waals surface area contributed by atoms with Crippen LogP contribution in [0.15, 0.2) is 24.3 Å². The molecule has 0 aromatic heterocycles. The van der Waals surface area contributed by atoms with Gasteiger partial charge in [0.15, 0.2) is 0 Å². The third-order valence-corrected chi connectivity index (χ3v) is 3.02. The molecule has 0 N–H and O–H groups in total. The van der Waals surface area contributed by atoms with E-state index in [9.17, 15) is 8.78 Å². The molecule has 18 heavy (non-hydrogen) atoms. The van der Waals surface area contributed by atoms with Crippen molar-refractivity contribution in [3.63, 3.8) is 0 Å². The minimum atomic E-state index is -2.32. The lowest BCUT2D eigenvalue weighted by molar-refractivity contribution is 0.0878. The third-order valence-electron chi connectivity index (χ3n) is 2.85. The Kier molecular flexibility index (Phi) is 6.58. The van der Waals surface area contributed by atoms with E-state index in [1.165, 1.54) is 5.56 Å². The first kappa shape index (κ1) is 15.4. The van der Waals surface area contributed by atoms with Crippen LogP contribution in [0, 0.1) is 0 Å². The molecule has 0 heterocycles. The van der Waals surface area contributed by atoms with Gasteiger partial charge in [-0.3, -0.25) is 4.90 Å². The van der Waals surface area contributed by atoms with Gasteiger partial charge in [-0.1, -0.05) is 38.1 Å². The quantitative estimate of drug-likeness (QED) is 0.677. The molecule has 0 radical (unpaired) electrons. The maximum absolute atomic E-state index is 12.4. The number of rotatable bonds is 7. The molecule has 0 atom stereocenters. The second-order valence-electron chi connectivity index (χ2n) is 4.71. The van der Waals surface area contributed by atoms with E-state index in [0.717, 1.165) is 5.56 Å². The van der Waals surface area contributed by atoms with Crippen molar-refractivity contribution in [2.45, 2.75) is 32.7 Å². The van der Waals surface area contributed by atoms with Crippen molar-refractivity contribution in [3.8, 4) is 0 Å². The fourth-order valence-corrected chi connectivity index (χ4v) is 2.05. The summed E-state index contributed by atoms with van der Waals surface area (Å²) in [5.74, 6) is 0.857. The maximum Gasteiger partial charge on any atom is 0.251 e. The molecule has 102 valence electrons. The lowest BCUT2D eigenvalue weighted by Gasteiger charge is -2.21. The molecule has 1 nitrogen and oxygen atoms in total. The predicted octanol–water partition coefficient (Wildman–Crippen LogP) is 4.12. The van der Waals surface area contributed by atoms with Gasteiger partial charge in [-0.15, -0.1) is 11.6 Å². The number of nitrogens with zero attached hydrogens (tertiary/aromatic N) is 1. The highest BCUT2D eigenvalue weighted by Gasteiger charge is 2.12. The van der Waals surface area contributed by atoms with Crippen LogP contribution >= 0.6 is 11.6 Å². The summed E-state index contributed by atoms with van der Waals surface area (Å²) in [6, 6.07) is 8.12. The standard InChI is InChI=1S/C14H20ClF2N/c1-11(2)13-5-3-12(4-6-13)9-18(8-7-15)10-14(16)17/h3-6,11,14H,7-10H2,1-2H3. The molecule has 0 aliphatic heterocycles. The van der Waals surface area contributed by atoms with E-state index in [1.807, 2.05) is 12.1 Å². The Bertz CT molecular complexity index is 338. The van der Waals surface area contributed by atoms with Crippen LogP contribution in [0.1, 0.15) is 30.9 Å². The van der Waals surface area contributed by atoms with E-state index in [-0.39, 0.29) is 6.54 Å². The summed E-state index contributed by atoms with van der Waals surface area (Å²) >= 11 is 5.63. The second-order valence-corrected chi connectivity index (χ2v) is 5.09. The smallest absolute Gasteiger partial charge is 0.251 e. The van der Waals surface area contributed by atoms with Gasteiger partial charge in [-0.05, 0) is 17.0 Å². The van der Waals surface area contributed by atoms with E-state index in [0.29, 0.717) is 24.9 Å². The van der Waals surface area contributed by atoms with Crippen LogP contribution in [-0.2, 0) is 6.54 Å². The van der Waals surface area contributed by atoms with Crippen molar-refractivity contribution in [1.82, 2.24) is 4.90 Å². The lowest BCUT2D eigenvalue weighted by Crippen LogP contribution is -2.30. The summed E-state index contributed by atoms with van der Waals surface area (Å²) in [4.78, 5) is 1.68. The van der Waals surface area contributed by atoms with Crippen LogP contribution < -0.4 is 0 Å². The van der Waals surface area contributed by atoms with Gasteiger partial charge < -0.3 is 0 Å². The van der Waals surface area contributed by atoms with Gasteiger partial charge in [0, 0.05) is 19.0 Å². The fourth-order valence-electron chi connectivity index (χ4n) is 1.82. The molecular formula is C14H20ClF2N. The Morgan fingerprint density at radius 3 is 2.22 bits per heavy atom. The molecule has 0 aliphatic carbocycles. The van der Waals surface area contributed by atoms with E-state index in [4.69, 9.17) is 11.6 Å². The van der Waals surface area contributed by atoms with Gasteiger partial charge in [-0.2, -0.15) is 0 Å². The number of benzene rings is 1. The van der Waals surface area contributed by atoms with Crippen molar-refractivity contribution >= 4 is 11.6 Å². The Balaban J connectivity index is 2.62. The summed E-state index contributed by atoms with van der Waals surface area (Å²) in [7, 11) is 0. The molecule has 4 heteroatoms. The fraction of sp³-hybridized carbons (Fsp3) is 0.571. The van der Waals surface area contributed by atoms with Crippen LogP contribution in [0.3, 0.4) is 0 Å². The highest BCUT2D eigenvalue weighted by molar-refractivity contribution is 6.18. The third kappa shape index (κ3) is 5.32. The summed E-state index contributed by atoms with van der Waals surface area (Å²) in [5.41, 5.74) is 2.31. The van der Waals surface area contributed by atoms with Crippen LogP contribution in [-0.4, -0.2) is 30.3 Å². The van der Waals surface area contributed by atoms with Crippen molar-refractivity contribution in [2.75, 3.05) is 19.0 Å². The Labute approximate surface area is 113 Å². The Morgan fingerprint density at radius 1 is 1.17 bits per heavy atom. The molecular weight excluding hydrogens is 256 g/mol. The summed E-state index contributed by atoms with van der Waals surface area (Å²) < 4.78 is 24.8. The highest BCUT2D eigenvalue weighted by Crippen LogP contribution is 2.16. The normalized spacial score (nSPS) is 11.8. The van der Waals surface area contributed by atoms with E-state index >= 15 is 0 Å². The molecule has 0 fully saturated rings. The zero-order valence-corrected chi connectivity index (χ0v) is 11.6. The summed E-state index contributed by atoms with van der Waals surface area (Å²) in [6.45, 7) is 5.04. The number of hydrogen-bond acceptors (Lipinski definition) is 1. The average molecular weight is 276 g/mol. The lowest BCUT2D eigenvalue weighted by atomic mass is 10.0. The highest BCUT2D eigenvalue weighted by atomic mass is 35.5. The van der Waals surface area contributed by atoms with Crippen LogP contribution in [0.5, 0.6) is 0 Å². The number of alkyl halides is 3. The molecule has 0 spiro atoms. The van der Waals surface area contributed by atoms with Gasteiger partial charge in [0.25, 0.3) is 6.43 Å². The minimum Gasteiger partial charge on any atom is -0.292 e. The molecule has 0 amide bonds. The zero-order valence-electron chi connectivity index (χ0n) is 10.9. The summed E-state index contributed by atoms with van der Waals surface area (Å²) in [5, 5.41) is 0. The maximum atomic E-state index is 12.4. The van der Waals surface area contributed by atoms with Crippen LogP contribution in [0.25, 0.3) is 0 Å². The van der Waals surface area contributed by atoms with Gasteiger partial charge in [0.1, 0.15) is 0 Å². The number of hydrogen-bond donors (Lipinski definition) is 0. The molecule has 0 saturated heterocycles. The predicted molar refractivity (Wildman–Crippen MR) is 72.5 cm³/mol. The molecule has 0 unspecified atom stereocenters.